The van der Waals surface area contributed by atoms with Crippen LogP contribution >= 0.6 is 11.6 Å². The van der Waals surface area contributed by atoms with Gasteiger partial charge in [-0.15, -0.1) is 11.6 Å². The summed E-state index contributed by atoms with van der Waals surface area (Å²) in [4.78, 5) is 0. The van der Waals surface area contributed by atoms with Crippen molar-refractivity contribution in [3.8, 4) is 5.75 Å². The number of rotatable bonds is 9. The Morgan fingerprint density at radius 1 is 1.28 bits per heavy atom. The number of ether oxygens (including phenoxy) is 2. The molecule has 1 atom stereocenters. The van der Waals surface area contributed by atoms with Crippen LogP contribution in [0.1, 0.15) is 25.3 Å². The van der Waals surface area contributed by atoms with E-state index in [1.165, 1.54) is 5.56 Å². The average molecular weight is 271 g/mol. The van der Waals surface area contributed by atoms with Crippen molar-refractivity contribution in [3.63, 3.8) is 0 Å². The average Bonchev–Trinajstić information content (AvgIpc) is 2.42. The van der Waals surface area contributed by atoms with Crippen molar-refractivity contribution in [1.82, 2.24) is 0 Å². The second kappa shape index (κ2) is 9.23. The number of halogens is 1. The fourth-order valence-corrected chi connectivity index (χ4v) is 2.13. The quantitative estimate of drug-likeness (QED) is 0.500. The van der Waals surface area contributed by atoms with Crippen LogP contribution < -0.4 is 4.74 Å². The van der Waals surface area contributed by atoms with Gasteiger partial charge in [0.05, 0.1) is 7.11 Å². The van der Waals surface area contributed by atoms with Crippen molar-refractivity contribution in [1.29, 1.82) is 0 Å². The first kappa shape index (κ1) is 15.3. The molecule has 102 valence electrons. The highest BCUT2D eigenvalue weighted by Crippen LogP contribution is 2.18. The molecule has 0 aliphatic carbocycles. The summed E-state index contributed by atoms with van der Waals surface area (Å²) < 4.78 is 10.7. The summed E-state index contributed by atoms with van der Waals surface area (Å²) >= 11 is 6.02. The standard InChI is InChI=1S/C15H23ClO2/c1-3-8-18-9-7-14(12-16)10-13-5-4-6-15(11-13)17-2/h4-6,11,14H,3,7-10,12H2,1-2H3. The normalized spacial score (nSPS) is 12.4. The molecule has 0 amide bonds. The van der Waals surface area contributed by atoms with E-state index in [-0.39, 0.29) is 0 Å². The first-order chi connectivity index (χ1) is 8.80. The van der Waals surface area contributed by atoms with Gasteiger partial charge in [-0.3, -0.25) is 0 Å². The zero-order valence-corrected chi connectivity index (χ0v) is 12.1. The second-order valence-corrected chi connectivity index (χ2v) is 4.79. The molecule has 1 unspecified atom stereocenters. The highest BCUT2D eigenvalue weighted by molar-refractivity contribution is 6.18. The molecule has 1 rings (SSSR count). The maximum atomic E-state index is 6.02. The summed E-state index contributed by atoms with van der Waals surface area (Å²) in [7, 11) is 1.69. The number of benzene rings is 1. The Morgan fingerprint density at radius 2 is 2.11 bits per heavy atom. The van der Waals surface area contributed by atoms with Gasteiger partial charge in [-0.1, -0.05) is 19.1 Å². The van der Waals surface area contributed by atoms with Crippen molar-refractivity contribution in [2.24, 2.45) is 5.92 Å². The van der Waals surface area contributed by atoms with E-state index in [1.807, 2.05) is 12.1 Å². The van der Waals surface area contributed by atoms with Crippen LogP contribution in [0.25, 0.3) is 0 Å². The highest BCUT2D eigenvalue weighted by Gasteiger charge is 2.09. The van der Waals surface area contributed by atoms with Gasteiger partial charge >= 0.3 is 0 Å². The zero-order valence-electron chi connectivity index (χ0n) is 11.3. The van der Waals surface area contributed by atoms with Gasteiger partial charge in [-0.05, 0) is 42.9 Å². The third-order valence-corrected chi connectivity index (χ3v) is 3.33. The Balaban J connectivity index is 2.41. The van der Waals surface area contributed by atoms with Crippen LogP contribution in [0, 0.1) is 5.92 Å². The molecule has 0 aliphatic rings. The van der Waals surface area contributed by atoms with E-state index in [2.05, 4.69) is 19.1 Å². The van der Waals surface area contributed by atoms with Crippen LogP contribution in [0.2, 0.25) is 0 Å². The lowest BCUT2D eigenvalue weighted by Gasteiger charge is -2.14. The van der Waals surface area contributed by atoms with Gasteiger partial charge in [0.2, 0.25) is 0 Å². The molecule has 0 radical (unpaired) electrons. The Morgan fingerprint density at radius 3 is 2.78 bits per heavy atom. The van der Waals surface area contributed by atoms with E-state index >= 15 is 0 Å². The Kier molecular flexibility index (Phi) is 7.86. The summed E-state index contributed by atoms with van der Waals surface area (Å²) in [5, 5.41) is 0. The number of hydrogen-bond donors (Lipinski definition) is 0. The minimum absolute atomic E-state index is 0.468. The smallest absolute Gasteiger partial charge is 0.119 e. The van der Waals surface area contributed by atoms with Crippen LogP contribution in [0.3, 0.4) is 0 Å². The SMILES string of the molecule is CCCOCCC(CCl)Cc1cccc(OC)c1. The molecule has 0 saturated heterocycles. The minimum atomic E-state index is 0.468. The molecular weight excluding hydrogens is 248 g/mol. The topological polar surface area (TPSA) is 18.5 Å². The van der Waals surface area contributed by atoms with Gasteiger partial charge in [0.25, 0.3) is 0 Å². The zero-order chi connectivity index (χ0) is 13.2. The molecule has 0 saturated carbocycles. The molecule has 18 heavy (non-hydrogen) atoms. The van der Waals surface area contributed by atoms with Crippen molar-refractivity contribution >= 4 is 11.6 Å². The first-order valence-corrected chi connectivity index (χ1v) is 7.10. The van der Waals surface area contributed by atoms with Gasteiger partial charge in [0.15, 0.2) is 0 Å². The molecule has 0 bridgehead atoms. The third kappa shape index (κ3) is 5.74. The van der Waals surface area contributed by atoms with E-state index in [0.717, 1.165) is 38.2 Å². The van der Waals surface area contributed by atoms with Crippen molar-refractivity contribution < 1.29 is 9.47 Å². The summed E-state index contributed by atoms with van der Waals surface area (Å²) in [6, 6.07) is 8.18. The molecule has 0 fully saturated rings. The predicted molar refractivity (Wildman–Crippen MR) is 76.6 cm³/mol. The summed E-state index contributed by atoms with van der Waals surface area (Å²) in [5.74, 6) is 2.05. The Hall–Kier alpha value is -0.730. The molecule has 0 spiro atoms. The van der Waals surface area contributed by atoms with E-state index in [1.54, 1.807) is 7.11 Å². The van der Waals surface area contributed by atoms with Gasteiger partial charge in [-0.2, -0.15) is 0 Å². The van der Waals surface area contributed by atoms with Gasteiger partial charge in [-0.25, -0.2) is 0 Å². The first-order valence-electron chi connectivity index (χ1n) is 6.56. The van der Waals surface area contributed by atoms with Crippen LogP contribution in [-0.2, 0) is 11.2 Å². The van der Waals surface area contributed by atoms with Crippen LogP contribution in [0.5, 0.6) is 5.75 Å². The Bertz CT molecular complexity index is 328. The van der Waals surface area contributed by atoms with Crippen molar-refractivity contribution in [3.05, 3.63) is 29.8 Å². The monoisotopic (exact) mass is 270 g/mol. The lowest BCUT2D eigenvalue weighted by atomic mass is 9.98. The highest BCUT2D eigenvalue weighted by atomic mass is 35.5. The molecule has 1 aromatic carbocycles. The maximum absolute atomic E-state index is 6.02. The lowest BCUT2D eigenvalue weighted by Crippen LogP contribution is -2.10. The van der Waals surface area contributed by atoms with E-state index in [0.29, 0.717) is 11.8 Å². The van der Waals surface area contributed by atoms with Gasteiger partial charge < -0.3 is 9.47 Å². The van der Waals surface area contributed by atoms with E-state index < -0.39 is 0 Å². The second-order valence-electron chi connectivity index (χ2n) is 4.48. The van der Waals surface area contributed by atoms with Crippen LogP contribution in [0.4, 0.5) is 0 Å². The molecule has 0 aliphatic heterocycles. The molecule has 3 heteroatoms. The molecule has 1 aromatic rings. The lowest BCUT2D eigenvalue weighted by molar-refractivity contribution is 0.122. The van der Waals surface area contributed by atoms with Gasteiger partial charge in [0, 0.05) is 19.1 Å². The van der Waals surface area contributed by atoms with Crippen LogP contribution in [0.15, 0.2) is 24.3 Å². The third-order valence-electron chi connectivity index (χ3n) is 2.90. The van der Waals surface area contributed by atoms with Crippen molar-refractivity contribution in [2.45, 2.75) is 26.2 Å². The molecular formula is C15H23ClO2. The van der Waals surface area contributed by atoms with Crippen LogP contribution in [-0.4, -0.2) is 26.2 Å². The number of hydrogen-bond acceptors (Lipinski definition) is 2. The Labute approximate surface area is 115 Å². The molecule has 2 nitrogen and oxygen atoms in total. The van der Waals surface area contributed by atoms with Gasteiger partial charge in [0.1, 0.15) is 5.75 Å². The number of alkyl halides is 1. The minimum Gasteiger partial charge on any atom is -0.497 e. The summed E-state index contributed by atoms with van der Waals surface area (Å²) in [6.45, 7) is 3.76. The fraction of sp³-hybridized carbons (Fsp3) is 0.600. The molecule has 0 N–H and O–H groups in total. The van der Waals surface area contributed by atoms with E-state index in [4.69, 9.17) is 21.1 Å². The predicted octanol–water partition coefficient (Wildman–Crippen LogP) is 3.91. The molecule has 0 aromatic heterocycles. The van der Waals surface area contributed by atoms with Crippen molar-refractivity contribution in [2.75, 3.05) is 26.2 Å². The van der Waals surface area contributed by atoms with E-state index in [9.17, 15) is 0 Å². The molecule has 0 heterocycles. The largest absolute Gasteiger partial charge is 0.497 e. The summed E-state index contributed by atoms with van der Waals surface area (Å²) in [6.07, 6.45) is 3.07. The maximum Gasteiger partial charge on any atom is 0.119 e. The summed E-state index contributed by atoms with van der Waals surface area (Å²) in [5.41, 5.74) is 1.27. The number of methoxy groups -OCH3 is 1. The fourth-order valence-electron chi connectivity index (χ4n) is 1.86.